The first-order chi connectivity index (χ1) is 6.54. The Morgan fingerprint density at radius 3 is 2.21 bits per heavy atom. The molecule has 0 saturated carbocycles. The summed E-state index contributed by atoms with van der Waals surface area (Å²) < 4.78 is 0. The quantitative estimate of drug-likeness (QED) is 0.438. The van der Waals surface area contributed by atoms with Crippen LogP contribution in [0.15, 0.2) is 24.3 Å². The van der Waals surface area contributed by atoms with Crippen molar-refractivity contribution in [3.8, 4) is 0 Å². The van der Waals surface area contributed by atoms with Crippen LogP contribution in [0.2, 0.25) is 0 Å². The normalized spacial score (nSPS) is 12.9. The van der Waals surface area contributed by atoms with E-state index in [0.717, 1.165) is 11.4 Å². The number of anilines is 2. The molecule has 0 aliphatic carbocycles. The SMILES string of the molecule is CC(C)C(C)N(N)c1ccccc1N. The van der Waals surface area contributed by atoms with Gasteiger partial charge in [0.15, 0.2) is 0 Å². The Labute approximate surface area is 85.7 Å². The minimum Gasteiger partial charge on any atom is -0.397 e. The van der Waals surface area contributed by atoms with Crippen molar-refractivity contribution in [3.05, 3.63) is 24.3 Å². The maximum absolute atomic E-state index is 5.99. The van der Waals surface area contributed by atoms with E-state index in [2.05, 4.69) is 20.8 Å². The molecule has 1 aromatic carbocycles. The number of rotatable bonds is 3. The van der Waals surface area contributed by atoms with E-state index < -0.39 is 0 Å². The average Bonchev–Trinajstić information content (AvgIpc) is 2.16. The molecule has 0 bridgehead atoms. The molecule has 14 heavy (non-hydrogen) atoms. The highest BCUT2D eigenvalue weighted by atomic mass is 15.4. The number of nitrogens with zero attached hydrogens (tertiary/aromatic N) is 1. The monoisotopic (exact) mass is 193 g/mol. The molecular formula is C11H19N3. The summed E-state index contributed by atoms with van der Waals surface area (Å²) >= 11 is 0. The molecular weight excluding hydrogens is 174 g/mol. The molecule has 1 atom stereocenters. The fourth-order valence-electron chi connectivity index (χ4n) is 1.26. The molecule has 3 heteroatoms. The number of hydrogen-bond acceptors (Lipinski definition) is 3. The lowest BCUT2D eigenvalue weighted by Gasteiger charge is -2.29. The lowest BCUT2D eigenvalue weighted by molar-refractivity contribution is 0.490. The number of nitrogens with two attached hydrogens (primary N) is 2. The van der Waals surface area contributed by atoms with Crippen molar-refractivity contribution in [2.24, 2.45) is 11.8 Å². The molecule has 0 saturated heterocycles. The minimum absolute atomic E-state index is 0.277. The molecule has 78 valence electrons. The smallest absolute Gasteiger partial charge is 0.0749 e. The zero-order valence-electron chi connectivity index (χ0n) is 9.07. The van der Waals surface area contributed by atoms with E-state index in [9.17, 15) is 0 Å². The van der Waals surface area contributed by atoms with Gasteiger partial charge in [0.05, 0.1) is 11.4 Å². The molecule has 1 aromatic rings. The van der Waals surface area contributed by atoms with Gasteiger partial charge in [0.2, 0.25) is 0 Å². The van der Waals surface area contributed by atoms with Crippen molar-refractivity contribution in [1.82, 2.24) is 0 Å². The summed E-state index contributed by atoms with van der Waals surface area (Å²) in [5.41, 5.74) is 7.46. The van der Waals surface area contributed by atoms with Crippen LogP contribution in [0.1, 0.15) is 20.8 Å². The molecule has 1 unspecified atom stereocenters. The van der Waals surface area contributed by atoms with Crippen molar-refractivity contribution in [1.29, 1.82) is 0 Å². The lowest BCUT2D eigenvalue weighted by atomic mass is 10.1. The number of hydrogen-bond donors (Lipinski definition) is 2. The third-order valence-corrected chi connectivity index (χ3v) is 2.62. The fourth-order valence-corrected chi connectivity index (χ4v) is 1.26. The highest BCUT2D eigenvalue weighted by Crippen LogP contribution is 2.23. The van der Waals surface area contributed by atoms with Gasteiger partial charge in [-0.1, -0.05) is 26.0 Å². The summed E-state index contributed by atoms with van der Waals surface area (Å²) in [6.07, 6.45) is 0. The van der Waals surface area contributed by atoms with Crippen LogP contribution >= 0.6 is 0 Å². The predicted octanol–water partition coefficient (Wildman–Crippen LogP) is 1.99. The fraction of sp³-hybridized carbons (Fsp3) is 0.455. The van der Waals surface area contributed by atoms with E-state index in [-0.39, 0.29) is 6.04 Å². The molecule has 1 rings (SSSR count). The number of hydrazine groups is 1. The van der Waals surface area contributed by atoms with Crippen molar-refractivity contribution >= 4 is 11.4 Å². The summed E-state index contributed by atoms with van der Waals surface area (Å²) in [6, 6.07) is 7.93. The largest absolute Gasteiger partial charge is 0.397 e. The molecule has 0 fully saturated rings. The van der Waals surface area contributed by atoms with Crippen molar-refractivity contribution in [3.63, 3.8) is 0 Å². The van der Waals surface area contributed by atoms with E-state index in [0.29, 0.717) is 5.92 Å². The Morgan fingerprint density at radius 2 is 1.71 bits per heavy atom. The second kappa shape index (κ2) is 4.33. The second-order valence-electron chi connectivity index (χ2n) is 3.95. The predicted molar refractivity (Wildman–Crippen MR) is 61.8 cm³/mol. The van der Waals surface area contributed by atoms with Gasteiger partial charge in [0.1, 0.15) is 0 Å². The van der Waals surface area contributed by atoms with Crippen molar-refractivity contribution < 1.29 is 0 Å². The van der Waals surface area contributed by atoms with Gasteiger partial charge in [-0.15, -0.1) is 0 Å². The maximum Gasteiger partial charge on any atom is 0.0749 e. The average molecular weight is 193 g/mol. The van der Waals surface area contributed by atoms with Crippen LogP contribution in [0.3, 0.4) is 0 Å². The topological polar surface area (TPSA) is 55.3 Å². The Bertz CT molecular complexity index is 296. The molecule has 0 aliphatic heterocycles. The third kappa shape index (κ3) is 2.17. The van der Waals surface area contributed by atoms with Gasteiger partial charge in [-0.3, -0.25) is 0 Å². The summed E-state index contributed by atoms with van der Waals surface area (Å²) in [4.78, 5) is 0. The summed E-state index contributed by atoms with van der Waals surface area (Å²) in [7, 11) is 0. The summed E-state index contributed by atoms with van der Waals surface area (Å²) in [6.45, 7) is 6.38. The van der Waals surface area contributed by atoms with Gasteiger partial charge in [0, 0.05) is 6.04 Å². The standard InChI is InChI=1S/C11H19N3/c1-8(2)9(3)14(13)11-7-5-4-6-10(11)12/h4-9H,12-13H2,1-3H3. The van der Waals surface area contributed by atoms with Crippen LogP contribution in [0.4, 0.5) is 11.4 Å². The van der Waals surface area contributed by atoms with E-state index in [1.807, 2.05) is 24.3 Å². The Balaban J connectivity index is 2.89. The first-order valence-corrected chi connectivity index (χ1v) is 4.92. The Kier molecular flexibility index (Phi) is 3.36. The van der Waals surface area contributed by atoms with E-state index >= 15 is 0 Å². The first kappa shape index (κ1) is 10.9. The lowest BCUT2D eigenvalue weighted by Crippen LogP contribution is -2.42. The van der Waals surface area contributed by atoms with E-state index in [1.54, 1.807) is 5.01 Å². The van der Waals surface area contributed by atoms with Crippen LogP contribution in [0.25, 0.3) is 0 Å². The summed E-state index contributed by atoms with van der Waals surface area (Å²) in [5, 5.41) is 1.74. The molecule has 0 amide bonds. The number of nitrogen functional groups attached to an aromatic ring is 1. The van der Waals surface area contributed by atoms with Crippen LogP contribution in [0.5, 0.6) is 0 Å². The molecule has 4 N–H and O–H groups in total. The van der Waals surface area contributed by atoms with Gasteiger partial charge in [0.25, 0.3) is 0 Å². The Hall–Kier alpha value is -1.22. The molecule has 3 nitrogen and oxygen atoms in total. The molecule has 0 heterocycles. The zero-order chi connectivity index (χ0) is 10.7. The highest BCUT2D eigenvalue weighted by Gasteiger charge is 2.15. The Morgan fingerprint density at radius 1 is 1.14 bits per heavy atom. The van der Waals surface area contributed by atoms with Gasteiger partial charge >= 0.3 is 0 Å². The number of benzene rings is 1. The second-order valence-corrected chi connectivity index (χ2v) is 3.95. The highest BCUT2D eigenvalue weighted by molar-refractivity contribution is 5.66. The van der Waals surface area contributed by atoms with Gasteiger partial charge < -0.3 is 10.7 Å². The summed E-state index contributed by atoms with van der Waals surface area (Å²) in [5.74, 6) is 6.49. The van der Waals surface area contributed by atoms with Crippen LogP contribution < -0.4 is 16.6 Å². The zero-order valence-corrected chi connectivity index (χ0v) is 9.07. The van der Waals surface area contributed by atoms with Gasteiger partial charge in [-0.05, 0) is 25.0 Å². The molecule has 0 spiro atoms. The first-order valence-electron chi connectivity index (χ1n) is 4.92. The number of para-hydroxylation sites is 2. The van der Waals surface area contributed by atoms with E-state index in [1.165, 1.54) is 0 Å². The maximum atomic E-state index is 5.99. The van der Waals surface area contributed by atoms with Crippen LogP contribution in [-0.4, -0.2) is 6.04 Å². The van der Waals surface area contributed by atoms with E-state index in [4.69, 9.17) is 11.6 Å². The molecule has 0 radical (unpaired) electrons. The van der Waals surface area contributed by atoms with Crippen LogP contribution in [0, 0.1) is 5.92 Å². The van der Waals surface area contributed by atoms with Crippen molar-refractivity contribution in [2.45, 2.75) is 26.8 Å². The van der Waals surface area contributed by atoms with Crippen LogP contribution in [-0.2, 0) is 0 Å². The van der Waals surface area contributed by atoms with Gasteiger partial charge in [-0.2, -0.15) is 0 Å². The van der Waals surface area contributed by atoms with Gasteiger partial charge in [-0.25, -0.2) is 5.84 Å². The minimum atomic E-state index is 0.277. The molecule has 0 aromatic heterocycles. The molecule has 0 aliphatic rings. The third-order valence-electron chi connectivity index (χ3n) is 2.62. The van der Waals surface area contributed by atoms with Crippen molar-refractivity contribution in [2.75, 3.05) is 10.7 Å².